The van der Waals surface area contributed by atoms with Crippen molar-refractivity contribution < 1.29 is 17.6 Å². The average Bonchev–Trinajstić information content (AvgIpc) is 2.87. The molecule has 0 aliphatic carbocycles. The van der Waals surface area contributed by atoms with Crippen LogP contribution in [0.25, 0.3) is 0 Å². The van der Waals surface area contributed by atoms with Crippen molar-refractivity contribution in [2.45, 2.75) is 31.3 Å². The molecule has 0 saturated carbocycles. The van der Waals surface area contributed by atoms with Gasteiger partial charge in [-0.25, -0.2) is 0 Å². The van der Waals surface area contributed by atoms with Gasteiger partial charge in [0, 0.05) is 6.42 Å². The fourth-order valence-electron chi connectivity index (χ4n) is 1.89. The lowest BCUT2D eigenvalue weighted by Gasteiger charge is -2.09. The molecule has 2 aromatic rings. The highest BCUT2D eigenvalue weighted by atomic mass is 35.5. The smallest absolute Gasteiger partial charge is 0.416 e. The molecule has 0 bridgehead atoms. The number of rotatable bonds is 4. The topological polar surface area (TPSA) is 13.1 Å². The largest absolute Gasteiger partial charge is 0.465 e. The molecule has 0 radical (unpaired) electrons. The average molecular weight is 303 g/mol. The first-order valence-corrected chi connectivity index (χ1v) is 6.72. The molecule has 1 aromatic heterocycles. The molecule has 0 fully saturated rings. The minimum Gasteiger partial charge on any atom is -0.465 e. The van der Waals surface area contributed by atoms with Crippen LogP contribution in [0.3, 0.4) is 0 Å². The standard InChI is InChI=1S/C15H14ClF3O/c1-2-12-7-8-14(20-12)13(16)9-10-3-5-11(6-4-10)15(17,18)19/h3-8,13H,2,9H2,1H3. The van der Waals surface area contributed by atoms with Crippen LogP contribution in [0.4, 0.5) is 13.2 Å². The van der Waals surface area contributed by atoms with Crippen LogP contribution < -0.4 is 0 Å². The van der Waals surface area contributed by atoms with E-state index in [2.05, 4.69) is 0 Å². The zero-order valence-electron chi connectivity index (χ0n) is 10.9. The Morgan fingerprint density at radius 1 is 1.10 bits per heavy atom. The summed E-state index contributed by atoms with van der Waals surface area (Å²) in [6.07, 6.45) is -3.10. The molecular weight excluding hydrogens is 289 g/mol. The molecule has 5 heteroatoms. The van der Waals surface area contributed by atoms with Gasteiger partial charge < -0.3 is 4.42 Å². The van der Waals surface area contributed by atoms with E-state index in [0.29, 0.717) is 12.2 Å². The van der Waals surface area contributed by atoms with Crippen LogP contribution in [0.15, 0.2) is 40.8 Å². The summed E-state index contributed by atoms with van der Waals surface area (Å²) in [5, 5.41) is -0.382. The van der Waals surface area contributed by atoms with Gasteiger partial charge in [-0.3, -0.25) is 0 Å². The van der Waals surface area contributed by atoms with Gasteiger partial charge in [-0.15, -0.1) is 11.6 Å². The van der Waals surface area contributed by atoms with Crippen molar-refractivity contribution in [3.05, 3.63) is 59.0 Å². The summed E-state index contributed by atoms with van der Waals surface area (Å²) >= 11 is 6.22. The van der Waals surface area contributed by atoms with Crippen LogP contribution in [-0.2, 0) is 19.0 Å². The molecular formula is C15H14ClF3O. The maximum Gasteiger partial charge on any atom is 0.416 e. The van der Waals surface area contributed by atoms with Crippen LogP contribution in [-0.4, -0.2) is 0 Å². The van der Waals surface area contributed by atoms with Crippen LogP contribution in [0.5, 0.6) is 0 Å². The molecule has 0 spiro atoms. The molecule has 0 amide bonds. The molecule has 1 heterocycles. The first-order chi connectivity index (χ1) is 9.40. The number of hydrogen-bond acceptors (Lipinski definition) is 1. The third kappa shape index (κ3) is 3.57. The van der Waals surface area contributed by atoms with E-state index >= 15 is 0 Å². The van der Waals surface area contributed by atoms with Crippen molar-refractivity contribution in [3.63, 3.8) is 0 Å². The first kappa shape index (κ1) is 15.0. The Morgan fingerprint density at radius 3 is 2.25 bits per heavy atom. The lowest BCUT2D eigenvalue weighted by Crippen LogP contribution is -2.04. The Labute approximate surface area is 120 Å². The first-order valence-electron chi connectivity index (χ1n) is 6.29. The van der Waals surface area contributed by atoms with Gasteiger partial charge in [0.15, 0.2) is 0 Å². The fourth-order valence-corrected chi connectivity index (χ4v) is 2.19. The van der Waals surface area contributed by atoms with E-state index in [0.717, 1.165) is 29.9 Å². The Bertz CT molecular complexity index is 557. The summed E-state index contributed by atoms with van der Waals surface area (Å²) in [5.41, 5.74) is 0.0890. The second-order valence-corrected chi connectivity index (χ2v) is 5.05. The van der Waals surface area contributed by atoms with Gasteiger partial charge in [0.05, 0.1) is 10.9 Å². The second kappa shape index (κ2) is 5.92. The SMILES string of the molecule is CCc1ccc(C(Cl)Cc2ccc(C(F)(F)F)cc2)o1. The van der Waals surface area contributed by atoms with Gasteiger partial charge in [-0.1, -0.05) is 19.1 Å². The van der Waals surface area contributed by atoms with Crippen LogP contribution in [0.2, 0.25) is 0 Å². The number of hydrogen-bond donors (Lipinski definition) is 0. The quantitative estimate of drug-likeness (QED) is 0.691. The van der Waals surface area contributed by atoms with Crippen molar-refractivity contribution >= 4 is 11.6 Å². The predicted octanol–water partition coefficient (Wildman–Crippen LogP) is 5.38. The molecule has 1 aromatic carbocycles. The zero-order valence-corrected chi connectivity index (χ0v) is 11.6. The van der Waals surface area contributed by atoms with Gasteiger partial charge in [0.25, 0.3) is 0 Å². The number of aryl methyl sites for hydroxylation is 1. The number of benzene rings is 1. The Morgan fingerprint density at radius 2 is 1.75 bits per heavy atom. The number of alkyl halides is 4. The van der Waals surface area contributed by atoms with Gasteiger partial charge in [-0.05, 0) is 36.2 Å². The molecule has 0 aliphatic heterocycles. The fraction of sp³-hybridized carbons (Fsp3) is 0.333. The van der Waals surface area contributed by atoms with Crippen molar-refractivity contribution in [1.29, 1.82) is 0 Å². The highest BCUT2D eigenvalue weighted by molar-refractivity contribution is 6.20. The van der Waals surface area contributed by atoms with Crippen molar-refractivity contribution in [2.24, 2.45) is 0 Å². The normalized spacial score (nSPS) is 13.4. The summed E-state index contributed by atoms with van der Waals surface area (Å²) in [6.45, 7) is 1.97. The molecule has 2 rings (SSSR count). The molecule has 20 heavy (non-hydrogen) atoms. The third-order valence-electron chi connectivity index (χ3n) is 3.04. The summed E-state index contributed by atoms with van der Waals surface area (Å²) in [4.78, 5) is 0. The van der Waals surface area contributed by atoms with E-state index in [4.69, 9.17) is 16.0 Å². The molecule has 0 N–H and O–H groups in total. The van der Waals surface area contributed by atoms with E-state index in [1.165, 1.54) is 12.1 Å². The van der Waals surface area contributed by atoms with Crippen LogP contribution in [0, 0.1) is 0 Å². The van der Waals surface area contributed by atoms with Crippen LogP contribution >= 0.6 is 11.6 Å². The summed E-state index contributed by atoms with van der Waals surface area (Å²) in [7, 11) is 0. The maximum atomic E-state index is 12.4. The monoisotopic (exact) mass is 302 g/mol. The van der Waals surface area contributed by atoms with Crippen LogP contribution in [0.1, 0.15) is 34.9 Å². The van der Waals surface area contributed by atoms with E-state index in [9.17, 15) is 13.2 Å². The lowest BCUT2D eigenvalue weighted by molar-refractivity contribution is -0.137. The van der Waals surface area contributed by atoms with E-state index < -0.39 is 11.7 Å². The van der Waals surface area contributed by atoms with E-state index in [1.54, 1.807) is 6.07 Å². The Balaban J connectivity index is 2.06. The van der Waals surface area contributed by atoms with Gasteiger partial charge in [0.1, 0.15) is 11.5 Å². The highest BCUT2D eigenvalue weighted by Gasteiger charge is 2.30. The summed E-state index contributed by atoms with van der Waals surface area (Å²) < 4.78 is 42.9. The van der Waals surface area contributed by atoms with Gasteiger partial charge in [0.2, 0.25) is 0 Å². The predicted molar refractivity (Wildman–Crippen MR) is 71.8 cm³/mol. The minimum absolute atomic E-state index is 0.382. The molecule has 0 saturated heterocycles. The second-order valence-electron chi connectivity index (χ2n) is 4.52. The molecule has 1 atom stereocenters. The minimum atomic E-state index is -4.31. The summed E-state index contributed by atoms with van der Waals surface area (Å²) in [5.74, 6) is 1.49. The summed E-state index contributed by atoms with van der Waals surface area (Å²) in [6, 6.07) is 8.69. The third-order valence-corrected chi connectivity index (χ3v) is 3.41. The molecule has 1 unspecified atom stereocenters. The van der Waals surface area contributed by atoms with Crippen molar-refractivity contribution in [3.8, 4) is 0 Å². The Kier molecular flexibility index (Phi) is 4.43. The van der Waals surface area contributed by atoms with E-state index in [1.807, 2.05) is 13.0 Å². The van der Waals surface area contributed by atoms with E-state index in [-0.39, 0.29) is 5.38 Å². The maximum absolute atomic E-state index is 12.4. The number of halogens is 4. The lowest BCUT2D eigenvalue weighted by atomic mass is 10.1. The van der Waals surface area contributed by atoms with Crippen molar-refractivity contribution in [1.82, 2.24) is 0 Å². The number of furan rings is 1. The molecule has 1 nitrogen and oxygen atoms in total. The molecule has 0 aliphatic rings. The van der Waals surface area contributed by atoms with Gasteiger partial charge >= 0.3 is 6.18 Å². The highest BCUT2D eigenvalue weighted by Crippen LogP contribution is 2.31. The van der Waals surface area contributed by atoms with Crippen molar-refractivity contribution in [2.75, 3.05) is 0 Å². The van der Waals surface area contributed by atoms with Gasteiger partial charge in [-0.2, -0.15) is 13.2 Å². The zero-order chi connectivity index (χ0) is 14.8. The molecule has 108 valence electrons. The Hall–Kier alpha value is -1.42.